The summed E-state index contributed by atoms with van der Waals surface area (Å²) in [6.45, 7) is 0.689. The number of nitrogens with zero attached hydrogens (tertiary/aromatic N) is 3. The maximum Gasteiger partial charge on any atom is 0.341 e. The lowest BCUT2D eigenvalue weighted by Gasteiger charge is -2.10. The molecule has 0 unspecified atom stereocenters. The van der Waals surface area contributed by atoms with Crippen molar-refractivity contribution in [3.05, 3.63) is 42.2 Å². The van der Waals surface area contributed by atoms with Crippen LogP contribution in [0.1, 0.15) is 16.8 Å². The van der Waals surface area contributed by atoms with Crippen LogP contribution in [0.3, 0.4) is 0 Å². The van der Waals surface area contributed by atoms with Gasteiger partial charge in [0.15, 0.2) is 12.3 Å². The van der Waals surface area contributed by atoms with Gasteiger partial charge in [-0.05, 0) is 36.7 Å². The van der Waals surface area contributed by atoms with Gasteiger partial charge in [-0.3, -0.25) is 4.79 Å². The molecule has 2 heterocycles. The maximum absolute atomic E-state index is 11.6. The predicted octanol–water partition coefficient (Wildman–Crippen LogP) is 0.719. The third kappa shape index (κ3) is 4.18. The summed E-state index contributed by atoms with van der Waals surface area (Å²) in [7, 11) is 0. The molecule has 146 valence electrons. The molecule has 0 bridgehead atoms. The van der Waals surface area contributed by atoms with E-state index in [2.05, 4.69) is 15.4 Å². The van der Waals surface area contributed by atoms with Crippen LogP contribution in [0.4, 0.5) is 5.82 Å². The van der Waals surface area contributed by atoms with Crippen LogP contribution in [0.25, 0.3) is 16.8 Å². The lowest BCUT2D eigenvalue weighted by molar-refractivity contribution is -0.139. The first-order valence-corrected chi connectivity index (χ1v) is 8.56. The minimum absolute atomic E-state index is 0.0870. The molecule has 0 aliphatic rings. The van der Waals surface area contributed by atoms with E-state index in [0.717, 1.165) is 6.42 Å². The normalized spacial score (nSPS) is 10.8. The van der Waals surface area contributed by atoms with Crippen molar-refractivity contribution in [2.24, 2.45) is 11.5 Å². The van der Waals surface area contributed by atoms with Crippen molar-refractivity contribution in [3.8, 4) is 16.9 Å². The van der Waals surface area contributed by atoms with Crippen LogP contribution in [0, 0.1) is 0 Å². The highest BCUT2D eigenvalue weighted by Gasteiger charge is 2.15. The number of carboxylic acid groups (broad SMARTS) is 1. The molecule has 10 nitrogen and oxygen atoms in total. The number of nitrogens with one attached hydrogen (secondary N) is 1. The van der Waals surface area contributed by atoms with Gasteiger partial charge in [0.1, 0.15) is 11.6 Å². The Labute approximate surface area is 160 Å². The minimum atomic E-state index is -1.16. The van der Waals surface area contributed by atoms with E-state index >= 15 is 0 Å². The first-order valence-electron chi connectivity index (χ1n) is 8.56. The van der Waals surface area contributed by atoms with E-state index in [-0.39, 0.29) is 11.3 Å². The van der Waals surface area contributed by atoms with Gasteiger partial charge in [0.2, 0.25) is 0 Å². The molecule has 0 atom stereocenters. The van der Waals surface area contributed by atoms with E-state index in [9.17, 15) is 9.59 Å². The van der Waals surface area contributed by atoms with Crippen molar-refractivity contribution in [2.45, 2.75) is 6.42 Å². The van der Waals surface area contributed by atoms with Crippen LogP contribution in [0.2, 0.25) is 0 Å². The number of carboxylic acids is 1. The monoisotopic (exact) mass is 384 g/mol. The highest BCUT2D eigenvalue weighted by molar-refractivity contribution is 5.97. The number of nitrogens with two attached hydrogens (primary N) is 2. The number of aliphatic carboxylic acids is 1. The molecule has 1 amide bonds. The highest BCUT2D eigenvalue weighted by Crippen LogP contribution is 2.30. The number of anilines is 1. The summed E-state index contributed by atoms with van der Waals surface area (Å²) in [5, 5.41) is 16.3. The first-order chi connectivity index (χ1) is 13.5. The molecule has 1 aromatic carbocycles. The van der Waals surface area contributed by atoms with Gasteiger partial charge >= 0.3 is 5.97 Å². The zero-order valence-corrected chi connectivity index (χ0v) is 15.0. The fourth-order valence-electron chi connectivity index (χ4n) is 2.64. The van der Waals surface area contributed by atoms with Crippen LogP contribution in [-0.4, -0.2) is 51.3 Å². The number of carbonyl (C=O) groups excluding carboxylic acids is 1. The lowest BCUT2D eigenvalue weighted by Crippen LogP contribution is -2.16. The van der Waals surface area contributed by atoms with Crippen LogP contribution < -0.4 is 21.5 Å². The van der Waals surface area contributed by atoms with E-state index in [1.54, 1.807) is 35.1 Å². The number of amides is 1. The first kappa shape index (κ1) is 19.1. The van der Waals surface area contributed by atoms with E-state index in [0.29, 0.717) is 35.7 Å². The Morgan fingerprint density at radius 1 is 1.29 bits per heavy atom. The van der Waals surface area contributed by atoms with Crippen LogP contribution >= 0.6 is 0 Å². The van der Waals surface area contributed by atoms with E-state index in [1.807, 2.05) is 0 Å². The maximum atomic E-state index is 11.6. The molecule has 10 heteroatoms. The molecule has 3 rings (SSSR count). The number of hydrogen-bond acceptors (Lipinski definition) is 7. The van der Waals surface area contributed by atoms with Crippen LogP contribution in [0.15, 0.2) is 36.7 Å². The number of primary amides is 1. The molecular weight excluding hydrogens is 364 g/mol. The molecular formula is C18H20N6O4. The lowest BCUT2D eigenvalue weighted by atomic mass is 10.1. The van der Waals surface area contributed by atoms with Gasteiger partial charge in [-0.1, -0.05) is 6.07 Å². The standard InChI is InChI=1S/C18H20N6O4/c19-5-1-6-21-15-4-7-24-18(23-15)13(9-22-24)11-2-3-12(17(20)27)14(8-11)28-10-16(25)26/h2-4,7-9H,1,5-6,10,19H2,(H2,20,27)(H,21,23)(H,25,26). The van der Waals surface area contributed by atoms with Gasteiger partial charge in [-0.2, -0.15) is 5.10 Å². The number of fused-ring (bicyclic) bond motifs is 1. The zero-order valence-electron chi connectivity index (χ0n) is 15.0. The Balaban J connectivity index is 1.98. The Morgan fingerprint density at radius 3 is 2.82 bits per heavy atom. The molecule has 2 aromatic heterocycles. The third-order valence-electron chi connectivity index (χ3n) is 3.97. The van der Waals surface area contributed by atoms with Crippen molar-refractivity contribution < 1.29 is 19.4 Å². The van der Waals surface area contributed by atoms with E-state index in [4.69, 9.17) is 21.3 Å². The Hall–Kier alpha value is -3.66. The minimum Gasteiger partial charge on any atom is -0.481 e. The predicted molar refractivity (Wildman–Crippen MR) is 102 cm³/mol. The molecule has 3 aromatic rings. The molecule has 0 saturated heterocycles. The summed E-state index contributed by atoms with van der Waals surface area (Å²) < 4.78 is 6.84. The number of ether oxygens (including phenoxy) is 1. The van der Waals surface area contributed by atoms with Gasteiger partial charge in [-0.25, -0.2) is 14.3 Å². The fraction of sp³-hybridized carbons (Fsp3) is 0.222. The molecule has 0 fully saturated rings. The summed E-state index contributed by atoms with van der Waals surface area (Å²) in [6.07, 6.45) is 4.22. The second-order valence-electron chi connectivity index (χ2n) is 5.97. The van der Waals surface area contributed by atoms with E-state index in [1.165, 1.54) is 6.07 Å². The largest absolute Gasteiger partial charge is 0.481 e. The SMILES string of the molecule is NCCCNc1ccn2ncc(-c3ccc(C(N)=O)c(OCC(=O)O)c3)c2n1. The van der Waals surface area contributed by atoms with Crippen molar-refractivity contribution in [2.75, 3.05) is 25.0 Å². The van der Waals surface area contributed by atoms with Crippen LogP contribution in [-0.2, 0) is 4.79 Å². The Kier molecular flexibility index (Phi) is 5.70. The molecule has 0 saturated carbocycles. The number of carbonyl (C=O) groups is 2. The number of benzene rings is 1. The van der Waals surface area contributed by atoms with E-state index < -0.39 is 18.5 Å². The van der Waals surface area contributed by atoms with Crippen molar-refractivity contribution in [3.63, 3.8) is 0 Å². The van der Waals surface area contributed by atoms with Gasteiger partial charge in [-0.15, -0.1) is 0 Å². The molecule has 0 spiro atoms. The second-order valence-corrected chi connectivity index (χ2v) is 5.97. The second kappa shape index (κ2) is 8.35. The van der Waals surface area contributed by atoms with Crippen molar-refractivity contribution >= 4 is 23.3 Å². The summed E-state index contributed by atoms with van der Waals surface area (Å²) >= 11 is 0. The number of hydrogen-bond donors (Lipinski definition) is 4. The summed E-state index contributed by atoms with van der Waals surface area (Å²) in [5.74, 6) is -1.11. The van der Waals surface area contributed by atoms with Gasteiger partial charge in [0.05, 0.1) is 11.8 Å². The Morgan fingerprint density at radius 2 is 2.11 bits per heavy atom. The average molecular weight is 384 g/mol. The molecule has 0 aliphatic carbocycles. The molecule has 28 heavy (non-hydrogen) atoms. The highest BCUT2D eigenvalue weighted by atomic mass is 16.5. The topological polar surface area (TPSA) is 158 Å². The number of rotatable bonds is 9. The van der Waals surface area contributed by atoms with Gasteiger partial charge in [0.25, 0.3) is 5.91 Å². The summed E-state index contributed by atoms with van der Waals surface area (Å²) in [6, 6.07) is 6.52. The summed E-state index contributed by atoms with van der Waals surface area (Å²) in [5.41, 5.74) is 12.9. The fourth-order valence-corrected chi connectivity index (χ4v) is 2.64. The van der Waals surface area contributed by atoms with Crippen molar-refractivity contribution in [1.82, 2.24) is 14.6 Å². The third-order valence-corrected chi connectivity index (χ3v) is 3.97. The average Bonchev–Trinajstić information content (AvgIpc) is 3.09. The van der Waals surface area contributed by atoms with Crippen LogP contribution in [0.5, 0.6) is 5.75 Å². The quantitative estimate of drug-likeness (QED) is 0.393. The number of aromatic nitrogens is 3. The zero-order chi connectivity index (χ0) is 20.1. The smallest absolute Gasteiger partial charge is 0.341 e. The van der Waals surface area contributed by atoms with Gasteiger partial charge in [0, 0.05) is 18.3 Å². The van der Waals surface area contributed by atoms with Crippen molar-refractivity contribution in [1.29, 1.82) is 0 Å². The summed E-state index contributed by atoms with van der Waals surface area (Å²) in [4.78, 5) is 27.0. The molecule has 0 radical (unpaired) electrons. The Bertz CT molecular complexity index is 1020. The molecule has 6 N–H and O–H groups in total. The molecule has 0 aliphatic heterocycles. The van der Waals surface area contributed by atoms with Gasteiger partial charge < -0.3 is 26.6 Å².